The molecule has 1 unspecified atom stereocenters. The number of rotatable bonds is 6. The lowest BCUT2D eigenvalue weighted by molar-refractivity contribution is -0.116. The molecule has 1 N–H and O–H groups in total. The molecule has 1 atom stereocenters. The fourth-order valence-corrected chi connectivity index (χ4v) is 2.45. The SMILES string of the molecule is COc1ccc(C(C)CC(=O)Nc2ccc(C#N)cc2)c(OC)c1. The highest BCUT2D eigenvalue weighted by Crippen LogP contribution is 2.32. The van der Waals surface area contributed by atoms with Crippen molar-refractivity contribution in [3.8, 4) is 17.6 Å². The second-order valence-electron chi connectivity index (χ2n) is 5.45. The van der Waals surface area contributed by atoms with Crippen LogP contribution in [0.15, 0.2) is 42.5 Å². The molecule has 0 aliphatic heterocycles. The Bertz CT molecular complexity index is 748. The van der Waals surface area contributed by atoms with Crippen LogP contribution < -0.4 is 14.8 Å². The Hall–Kier alpha value is -3.00. The van der Waals surface area contributed by atoms with Gasteiger partial charge in [0, 0.05) is 18.2 Å². The molecule has 0 spiro atoms. The molecule has 2 aromatic rings. The topological polar surface area (TPSA) is 71.3 Å². The molecule has 0 aliphatic rings. The fourth-order valence-electron chi connectivity index (χ4n) is 2.45. The minimum Gasteiger partial charge on any atom is -0.497 e. The van der Waals surface area contributed by atoms with E-state index in [2.05, 4.69) is 5.32 Å². The zero-order valence-electron chi connectivity index (χ0n) is 14.0. The summed E-state index contributed by atoms with van der Waals surface area (Å²) in [6.07, 6.45) is 0.322. The number of amides is 1. The largest absolute Gasteiger partial charge is 0.497 e. The van der Waals surface area contributed by atoms with Crippen LogP contribution in [0.25, 0.3) is 0 Å². The summed E-state index contributed by atoms with van der Waals surface area (Å²) in [5.41, 5.74) is 2.19. The number of nitrogens with one attached hydrogen (secondary N) is 1. The molecule has 5 heteroatoms. The summed E-state index contributed by atoms with van der Waals surface area (Å²) < 4.78 is 10.6. The molecule has 24 heavy (non-hydrogen) atoms. The van der Waals surface area contributed by atoms with Crippen molar-refractivity contribution in [2.45, 2.75) is 19.3 Å². The van der Waals surface area contributed by atoms with Gasteiger partial charge in [-0.25, -0.2) is 0 Å². The molecule has 0 saturated carbocycles. The van der Waals surface area contributed by atoms with Crippen molar-refractivity contribution >= 4 is 11.6 Å². The molecule has 0 heterocycles. The summed E-state index contributed by atoms with van der Waals surface area (Å²) in [6, 6.07) is 14.4. The van der Waals surface area contributed by atoms with Crippen molar-refractivity contribution in [2.24, 2.45) is 0 Å². The Kier molecular flexibility index (Phi) is 5.80. The molecule has 0 saturated heterocycles. The van der Waals surface area contributed by atoms with Gasteiger partial charge in [0.1, 0.15) is 11.5 Å². The van der Waals surface area contributed by atoms with Crippen molar-refractivity contribution in [1.29, 1.82) is 5.26 Å². The van der Waals surface area contributed by atoms with Gasteiger partial charge in [0.25, 0.3) is 0 Å². The Morgan fingerprint density at radius 1 is 1.17 bits per heavy atom. The zero-order valence-corrected chi connectivity index (χ0v) is 14.0. The number of carbonyl (C=O) groups is 1. The maximum atomic E-state index is 12.2. The van der Waals surface area contributed by atoms with E-state index in [1.165, 1.54) is 0 Å². The predicted molar refractivity (Wildman–Crippen MR) is 92.4 cm³/mol. The first kappa shape index (κ1) is 17.4. The van der Waals surface area contributed by atoms with Crippen molar-refractivity contribution in [3.63, 3.8) is 0 Å². The van der Waals surface area contributed by atoms with Gasteiger partial charge in [-0.05, 0) is 41.8 Å². The lowest BCUT2D eigenvalue weighted by Crippen LogP contribution is -2.14. The molecule has 0 aliphatic carbocycles. The van der Waals surface area contributed by atoms with Crippen LogP contribution in [0.4, 0.5) is 5.69 Å². The Morgan fingerprint density at radius 3 is 2.46 bits per heavy atom. The standard InChI is InChI=1S/C19H20N2O3/c1-13(17-9-8-16(23-2)11-18(17)24-3)10-19(22)21-15-6-4-14(12-20)5-7-15/h4-9,11,13H,10H2,1-3H3,(H,21,22). The second kappa shape index (κ2) is 8.02. The van der Waals surface area contributed by atoms with Crippen LogP contribution in [-0.2, 0) is 4.79 Å². The van der Waals surface area contributed by atoms with Crippen LogP contribution in [0.3, 0.4) is 0 Å². The van der Waals surface area contributed by atoms with Gasteiger partial charge in [0.15, 0.2) is 0 Å². The average Bonchev–Trinajstić information content (AvgIpc) is 2.61. The number of ether oxygens (including phenoxy) is 2. The highest BCUT2D eigenvalue weighted by atomic mass is 16.5. The van der Waals surface area contributed by atoms with Crippen molar-refractivity contribution in [3.05, 3.63) is 53.6 Å². The Balaban J connectivity index is 2.04. The third-order valence-electron chi connectivity index (χ3n) is 3.76. The predicted octanol–water partition coefficient (Wildman–Crippen LogP) is 3.71. The smallest absolute Gasteiger partial charge is 0.224 e. The summed E-state index contributed by atoms with van der Waals surface area (Å²) in [6.45, 7) is 1.97. The number of hydrogen-bond donors (Lipinski definition) is 1. The van der Waals surface area contributed by atoms with E-state index in [0.29, 0.717) is 29.2 Å². The first-order valence-electron chi connectivity index (χ1n) is 7.59. The van der Waals surface area contributed by atoms with Gasteiger partial charge >= 0.3 is 0 Å². The molecule has 124 valence electrons. The van der Waals surface area contributed by atoms with Gasteiger partial charge in [0.05, 0.1) is 25.9 Å². The number of nitriles is 1. The van der Waals surface area contributed by atoms with E-state index in [1.54, 1.807) is 38.5 Å². The van der Waals surface area contributed by atoms with Gasteiger partial charge < -0.3 is 14.8 Å². The molecule has 2 rings (SSSR count). The summed E-state index contributed by atoms with van der Waals surface area (Å²) in [5, 5.41) is 11.6. The first-order chi connectivity index (χ1) is 11.6. The van der Waals surface area contributed by atoms with Crippen molar-refractivity contribution in [2.75, 3.05) is 19.5 Å². The number of benzene rings is 2. The highest BCUT2D eigenvalue weighted by molar-refractivity contribution is 5.91. The third-order valence-corrected chi connectivity index (χ3v) is 3.76. The first-order valence-corrected chi connectivity index (χ1v) is 7.59. The zero-order chi connectivity index (χ0) is 17.5. The number of methoxy groups -OCH3 is 2. The molecular formula is C19H20N2O3. The van der Waals surface area contributed by atoms with E-state index in [9.17, 15) is 4.79 Å². The number of nitrogens with zero attached hydrogens (tertiary/aromatic N) is 1. The second-order valence-corrected chi connectivity index (χ2v) is 5.45. The molecule has 2 aromatic carbocycles. The summed E-state index contributed by atoms with van der Waals surface area (Å²) >= 11 is 0. The number of hydrogen-bond acceptors (Lipinski definition) is 4. The molecule has 1 amide bonds. The van der Waals surface area contributed by atoms with E-state index in [1.807, 2.05) is 31.2 Å². The molecule has 0 fully saturated rings. The number of anilines is 1. The summed E-state index contributed by atoms with van der Waals surface area (Å²) in [7, 11) is 3.20. The lowest BCUT2D eigenvalue weighted by atomic mass is 9.96. The highest BCUT2D eigenvalue weighted by Gasteiger charge is 2.16. The summed E-state index contributed by atoms with van der Waals surface area (Å²) in [4.78, 5) is 12.2. The number of carbonyl (C=O) groups excluding carboxylic acids is 1. The van der Waals surface area contributed by atoms with Crippen molar-refractivity contribution in [1.82, 2.24) is 0 Å². The van der Waals surface area contributed by atoms with Gasteiger partial charge in [-0.3, -0.25) is 4.79 Å². The van der Waals surface area contributed by atoms with Gasteiger partial charge in [-0.15, -0.1) is 0 Å². The van der Waals surface area contributed by atoms with Crippen LogP contribution in [0.1, 0.15) is 30.4 Å². The van der Waals surface area contributed by atoms with Crippen LogP contribution >= 0.6 is 0 Å². The third kappa shape index (κ3) is 4.26. The average molecular weight is 324 g/mol. The normalized spacial score (nSPS) is 11.2. The minimum atomic E-state index is -0.0925. The molecule has 5 nitrogen and oxygen atoms in total. The van der Waals surface area contributed by atoms with E-state index < -0.39 is 0 Å². The van der Waals surface area contributed by atoms with E-state index in [0.717, 1.165) is 5.56 Å². The fraction of sp³-hybridized carbons (Fsp3) is 0.263. The van der Waals surface area contributed by atoms with Crippen LogP contribution in [-0.4, -0.2) is 20.1 Å². The molecule has 0 bridgehead atoms. The lowest BCUT2D eigenvalue weighted by Gasteiger charge is -2.16. The quantitative estimate of drug-likeness (QED) is 0.879. The molecule has 0 aromatic heterocycles. The van der Waals surface area contributed by atoms with Crippen LogP contribution in [0.5, 0.6) is 11.5 Å². The molecular weight excluding hydrogens is 304 g/mol. The Labute approximate surface area is 141 Å². The molecule has 0 radical (unpaired) electrons. The van der Waals surface area contributed by atoms with Gasteiger partial charge in [-0.2, -0.15) is 5.26 Å². The minimum absolute atomic E-state index is 0.00996. The monoisotopic (exact) mass is 324 g/mol. The van der Waals surface area contributed by atoms with Gasteiger partial charge in [0.2, 0.25) is 5.91 Å². The summed E-state index contributed by atoms with van der Waals surface area (Å²) in [5.74, 6) is 1.31. The van der Waals surface area contributed by atoms with Crippen LogP contribution in [0, 0.1) is 11.3 Å². The van der Waals surface area contributed by atoms with E-state index in [4.69, 9.17) is 14.7 Å². The van der Waals surface area contributed by atoms with Gasteiger partial charge in [-0.1, -0.05) is 13.0 Å². The maximum absolute atomic E-state index is 12.2. The van der Waals surface area contributed by atoms with E-state index >= 15 is 0 Å². The van der Waals surface area contributed by atoms with E-state index in [-0.39, 0.29) is 11.8 Å². The van der Waals surface area contributed by atoms with Crippen LogP contribution in [0.2, 0.25) is 0 Å². The van der Waals surface area contributed by atoms with Crippen molar-refractivity contribution < 1.29 is 14.3 Å². The Morgan fingerprint density at radius 2 is 1.88 bits per heavy atom. The maximum Gasteiger partial charge on any atom is 0.224 e.